The molecule has 0 bridgehead atoms. The summed E-state index contributed by atoms with van der Waals surface area (Å²) in [7, 11) is 0. The average molecular weight is 545 g/mol. The number of ether oxygens (including phenoxy) is 4. The van der Waals surface area contributed by atoms with Crippen molar-refractivity contribution in [3.63, 3.8) is 0 Å². The molecule has 4 aliphatic carbocycles. The molecule has 4 saturated carbocycles. The first-order chi connectivity index (χ1) is 18.1. The molecule has 0 spiro atoms. The Bertz CT molecular complexity index is 973. The number of rotatable bonds is 4. The molecule has 13 atom stereocenters. The molecule has 39 heavy (non-hydrogen) atoms. The molecule has 0 amide bonds. The van der Waals surface area contributed by atoms with Gasteiger partial charge in [0.15, 0.2) is 11.6 Å². The summed E-state index contributed by atoms with van der Waals surface area (Å²) in [5, 5.41) is 0. The van der Waals surface area contributed by atoms with Crippen LogP contribution >= 0.6 is 0 Å². The van der Waals surface area contributed by atoms with Gasteiger partial charge in [-0.1, -0.05) is 41.5 Å². The molecule has 0 N–H and O–H groups in total. The highest BCUT2D eigenvalue weighted by atomic mass is 16.8. The fraction of sp³-hybridized carbons (Fsp3) is 0.971. The van der Waals surface area contributed by atoms with Crippen LogP contribution in [-0.4, -0.2) is 41.8 Å². The molecule has 0 aromatic rings. The molecule has 5 heteroatoms. The van der Waals surface area contributed by atoms with E-state index < -0.39 is 11.6 Å². The third kappa shape index (κ3) is 4.41. The Morgan fingerprint density at radius 2 is 1.36 bits per heavy atom. The van der Waals surface area contributed by atoms with Gasteiger partial charge in [0.2, 0.25) is 0 Å². The minimum Gasteiger partial charge on any atom is -0.345 e. The van der Waals surface area contributed by atoms with Crippen LogP contribution in [0.5, 0.6) is 0 Å². The molecule has 0 aromatic carbocycles. The van der Waals surface area contributed by atoms with Crippen molar-refractivity contribution < 1.29 is 23.7 Å². The Labute approximate surface area is 237 Å². The first-order valence-corrected chi connectivity index (χ1v) is 16.3. The van der Waals surface area contributed by atoms with Gasteiger partial charge in [0.05, 0.1) is 24.4 Å². The van der Waals surface area contributed by atoms with E-state index in [9.17, 15) is 4.79 Å². The summed E-state index contributed by atoms with van der Waals surface area (Å²) in [6.45, 7) is 22.7. The van der Waals surface area contributed by atoms with Gasteiger partial charge in [-0.05, 0) is 118 Å². The maximum atomic E-state index is 13.9. The monoisotopic (exact) mass is 544 g/mol. The summed E-state index contributed by atoms with van der Waals surface area (Å²) in [5.74, 6) is 3.37. The van der Waals surface area contributed by atoms with Crippen molar-refractivity contribution in [2.45, 2.75) is 150 Å². The SMILES string of the molecule is CC(C)[C@H](C)[C@H]1OC(C)(C)O[C@@H]1[C@@H](C)[C@H]1CC[C@H]2[C@@H]3CC(=O)[C@H]4C[C@@H]5OC(C)(C)O[C@@H]5C[C@]4(C)[C@H]3CC[C@]12C. The number of hydrogen-bond donors (Lipinski definition) is 0. The molecule has 6 aliphatic rings. The van der Waals surface area contributed by atoms with Gasteiger partial charge in [-0.2, -0.15) is 0 Å². The lowest BCUT2D eigenvalue weighted by molar-refractivity contribution is -0.168. The van der Waals surface area contributed by atoms with Crippen molar-refractivity contribution in [2.75, 3.05) is 0 Å². The fourth-order valence-corrected chi connectivity index (χ4v) is 11.2. The second-order valence-corrected chi connectivity index (χ2v) is 16.5. The minimum absolute atomic E-state index is 0.0280. The normalized spacial score (nSPS) is 51.7. The van der Waals surface area contributed by atoms with Gasteiger partial charge in [0.1, 0.15) is 5.78 Å². The van der Waals surface area contributed by atoms with Crippen molar-refractivity contribution in [3.8, 4) is 0 Å². The molecule has 2 aliphatic heterocycles. The van der Waals surface area contributed by atoms with E-state index >= 15 is 0 Å². The third-order valence-electron chi connectivity index (χ3n) is 13.3. The predicted octanol–water partition coefficient (Wildman–Crippen LogP) is 7.40. The second-order valence-electron chi connectivity index (χ2n) is 16.5. The average Bonchev–Trinajstić information content (AvgIpc) is 3.45. The molecule has 0 aromatic heterocycles. The largest absolute Gasteiger partial charge is 0.345 e. The third-order valence-corrected chi connectivity index (χ3v) is 13.3. The number of fused-ring (bicyclic) bond motifs is 6. The maximum Gasteiger partial charge on any atom is 0.163 e. The molecule has 2 heterocycles. The lowest BCUT2D eigenvalue weighted by atomic mass is 9.44. The summed E-state index contributed by atoms with van der Waals surface area (Å²) in [4.78, 5) is 13.9. The van der Waals surface area contributed by atoms with Crippen LogP contribution in [-0.2, 0) is 23.7 Å². The molecule has 6 fully saturated rings. The van der Waals surface area contributed by atoms with Gasteiger partial charge in [-0.3, -0.25) is 4.79 Å². The maximum absolute atomic E-state index is 13.9. The summed E-state index contributed by atoms with van der Waals surface area (Å²) < 4.78 is 25.9. The lowest BCUT2D eigenvalue weighted by Crippen LogP contribution is -2.59. The van der Waals surface area contributed by atoms with Crippen LogP contribution in [0.25, 0.3) is 0 Å². The van der Waals surface area contributed by atoms with Crippen molar-refractivity contribution in [1.29, 1.82) is 0 Å². The highest BCUT2D eigenvalue weighted by molar-refractivity contribution is 5.83. The van der Waals surface area contributed by atoms with Gasteiger partial charge >= 0.3 is 0 Å². The molecule has 2 saturated heterocycles. The molecule has 0 radical (unpaired) electrons. The fourth-order valence-electron chi connectivity index (χ4n) is 11.2. The van der Waals surface area contributed by atoms with E-state index in [2.05, 4.69) is 55.4 Å². The number of carbonyl (C=O) groups is 1. The number of hydrogen-bond acceptors (Lipinski definition) is 5. The standard InChI is InChI=1S/C34H56O5/c1-18(2)19(3)29-30(39-32(7,8)38-29)20(4)22-11-12-23-21-15-26(35)25-16-27-28(37-31(5,6)36-27)17-34(25,10)24(21)13-14-33(22,23)9/h18-25,27-30H,11-17H2,1-10H3/t19-,20-,21-,22+,23-,24-,25+,27-,28+,29+,30+,33+,34+/m0/s1. The quantitative estimate of drug-likeness (QED) is 0.369. The van der Waals surface area contributed by atoms with E-state index in [1.165, 1.54) is 25.7 Å². The highest BCUT2D eigenvalue weighted by Gasteiger charge is 2.65. The zero-order chi connectivity index (χ0) is 28.3. The predicted molar refractivity (Wildman–Crippen MR) is 152 cm³/mol. The molecule has 0 unspecified atom stereocenters. The summed E-state index contributed by atoms with van der Waals surface area (Å²) in [6.07, 6.45) is 8.06. The van der Waals surface area contributed by atoms with Gasteiger partial charge in [-0.15, -0.1) is 0 Å². The van der Waals surface area contributed by atoms with Crippen molar-refractivity contribution in [3.05, 3.63) is 0 Å². The second kappa shape index (κ2) is 9.25. The van der Waals surface area contributed by atoms with Crippen LogP contribution in [0.15, 0.2) is 0 Å². The van der Waals surface area contributed by atoms with Gasteiger partial charge in [0, 0.05) is 12.3 Å². The Hall–Kier alpha value is -0.490. The summed E-state index contributed by atoms with van der Waals surface area (Å²) in [5.41, 5.74) is 0.290. The van der Waals surface area contributed by atoms with Crippen LogP contribution in [0.3, 0.4) is 0 Å². The van der Waals surface area contributed by atoms with Crippen LogP contribution in [0, 0.1) is 58.2 Å². The summed E-state index contributed by atoms with van der Waals surface area (Å²) >= 11 is 0. The lowest BCUT2D eigenvalue weighted by Gasteiger charge is -2.61. The van der Waals surface area contributed by atoms with Gasteiger partial charge in [-0.25, -0.2) is 0 Å². The Balaban J connectivity index is 1.24. The molecular weight excluding hydrogens is 488 g/mol. The summed E-state index contributed by atoms with van der Waals surface area (Å²) in [6, 6.07) is 0. The Kier molecular flexibility index (Phi) is 6.79. The first kappa shape index (κ1) is 28.6. The topological polar surface area (TPSA) is 54.0 Å². The number of ketones is 1. The van der Waals surface area contributed by atoms with E-state index in [0.717, 1.165) is 19.3 Å². The highest BCUT2D eigenvalue weighted by Crippen LogP contribution is 2.68. The minimum atomic E-state index is -0.535. The van der Waals surface area contributed by atoms with E-state index in [-0.39, 0.29) is 41.2 Å². The van der Waals surface area contributed by atoms with Gasteiger partial charge < -0.3 is 18.9 Å². The number of Topliss-reactive ketones (excluding diaryl/α,β-unsaturated/α-hetero) is 1. The molecule has 5 nitrogen and oxygen atoms in total. The number of carbonyl (C=O) groups excluding carboxylic acids is 1. The van der Waals surface area contributed by atoms with Crippen molar-refractivity contribution >= 4 is 5.78 Å². The van der Waals surface area contributed by atoms with E-state index in [4.69, 9.17) is 18.9 Å². The Morgan fingerprint density at radius 1 is 0.744 bits per heavy atom. The first-order valence-electron chi connectivity index (χ1n) is 16.3. The smallest absolute Gasteiger partial charge is 0.163 e. The molecular formula is C34H56O5. The zero-order valence-electron chi connectivity index (χ0n) is 26.4. The van der Waals surface area contributed by atoms with Crippen molar-refractivity contribution in [2.24, 2.45) is 58.2 Å². The van der Waals surface area contributed by atoms with Crippen LogP contribution in [0.2, 0.25) is 0 Å². The zero-order valence-corrected chi connectivity index (χ0v) is 26.4. The van der Waals surface area contributed by atoms with Crippen LogP contribution < -0.4 is 0 Å². The van der Waals surface area contributed by atoms with Crippen LogP contribution in [0.4, 0.5) is 0 Å². The van der Waals surface area contributed by atoms with E-state index in [1.54, 1.807) is 0 Å². The molecule has 6 rings (SSSR count). The van der Waals surface area contributed by atoms with E-state index in [0.29, 0.717) is 47.2 Å². The van der Waals surface area contributed by atoms with Gasteiger partial charge in [0.25, 0.3) is 0 Å². The van der Waals surface area contributed by atoms with E-state index in [1.807, 2.05) is 13.8 Å². The Morgan fingerprint density at radius 3 is 2.05 bits per heavy atom. The molecule has 222 valence electrons. The van der Waals surface area contributed by atoms with Crippen molar-refractivity contribution in [1.82, 2.24) is 0 Å². The van der Waals surface area contributed by atoms with Crippen LogP contribution in [0.1, 0.15) is 114 Å².